The van der Waals surface area contributed by atoms with Gasteiger partial charge in [-0.2, -0.15) is 0 Å². The van der Waals surface area contributed by atoms with Gasteiger partial charge in [0.1, 0.15) is 5.82 Å². The molecule has 2 aromatic rings. The smallest absolute Gasteiger partial charge is 0.251 e. The van der Waals surface area contributed by atoms with Crippen molar-refractivity contribution in [3.63, 3.8) is 0 Å². The summed E-state index contributed by atoms with van der Waals surface area (Å²) >= 11 is 0. The second kappa shape index (κ2) is 8.58. The molecule has 1 amide bonds. The SMILES string of the molecule is CN(CCc1ccncc1)c1cc(C(=O)NCC2CCCO2)ccn1. The van der Waals surface area contributed by atoms with Crippen molar-refractivity contribution in [2.45, 2.75) is 25.4 Å². The summed E-state index contributed by atoms with van der Waals surface area (Å²) in [4.78, 5) is 22.8. The standard InChI is InChI=1S/C19H24N4O2/c1-23(11-7-15-4-8-20-9-5-15)18-13-16(6-10-21-18)19(24)22-14-17-3-2-12-25-17/h4-6,8-10,13,17H,2-3,7,11-12,14H2,1H3,(H,22,24). The quantitative estimate of drug-likeness (QED) is 0.836. The zero-order chi connectivity index (χ0) is 17.5. The van der Waals surface area contributed by atoms with Gasteiger partial charge in [0.05, 0.1) is 6.10 Å². The molecule has 1 aliphatic rings. The summed E-state index contributed by atoms with van der Waals surface area (Å²) < 4.78 is 5.54. The number of hydrogen-bond acceptors (Lipinski definition) is 5. The average molecular weight is 340 g/mol. The average Bonchev–Trinajstić information content (AvgIpc) is 3.18. The molecule has 1 unspecified atom stereocenters. The van der Waals surface area contributed by atoms with Crippen LogP contribution < -0.4 is 10.2 Å². The number of pyridine rings is 2. The van der Waals surface area contributed by atoms with E-state index in [1.807, 2.05) is 25.2 Å². The second-order valence-corrected chi connectivity index (χ2v) is 6.27. The first-order chi connectivity index (χ1) is 12.2. The highest BCUT2D eigenvalue weighted by atomic mass is 16.5. The van der Waals surface area contributed by atoms with Crippen LogP contribution in [0.4, 0.5) is 5.82 Å². The minimum absolute atomic E-state index is 0.0818. The fraction of sp³-hybridized carbons (Fsp3) is 0.421. The number of hydrogen-bond donors (Lipinski definition) is 1. The summed E-state index contributed by atoms with van der Waals surface area (Å²) in [5, 5.41) is 2.95. The van der Waals surface area contributed by atoms with E-state index < -0.39 is 0 Å². The summed E-state index contributed by atoms with van der Waals surface area (Å²) in [6, 6.07) is 7.59. The summed E-state index contributed by atoms with van der Waals surface area (Å²) in [6.45, 7) is 2.18. The van der Waals surface area contributed by atoms with Gasteiger partial charge >= 0.3 is 0 Å². The van der Waals surface area contributed by atoms with Crippen LogP contribution in [0.3, 0.4) is 0 Å². The van der Waals surface area contributed by atoms with E-state index >= 15 is 0 Å². The van der Waals surface area contributed by atoms with Crippen LogP contribution in [0.5, 0.6) is 0 Å². The molecule has 1 saturated heterocycles. The number of anilines is 1. The fourth-order valence-corrected chi connectivity index (χ4v) is 2.84. The lowest BCUT2D eigenvalue weighted by molar-refractivity contribution is 0.0857. The zero-order valence-electron chi connectivity index (χ0n) is 14.5. The predicted octanol–water partition coefficient (Wildman–Crippen LogP) is 2.06. The van der Waals surface area contributed by atoms with E-state index in [1.54, 1.807) is 24.7 Å². The molecule has 0 saturated carbocycles. The Labute approximate surface area is 148 Å². The number of likely N-dealkylation sites (N-methyl/N-ethyl adjacent to an activating group) is 1. The van der Waals surface area contributed by atoms with Crippen molar-refractivity contribution < 1.29 is 9.53 Å². The third kappa shape index (κ3) is 5.00. The molecule has 3 rings (SSSR count). The van der Waals surface area contributed by atoms with Crippen LogP contribution in [0, 0.1) is 0 Å². The van der Waals surface area contributed by atoms with Gasteiger partial charge in [-0.15, -0.1) is 0 Å². The molecule has 1 atom stereocenters. The Morgan fingerprint density at radius 1 is 1.32 bits per heavy atom. The van der Waals surface area contributed by atoms with Gasteiger partial charge < -0.3 is 15.0 Å². The Morgan fingerprint density at radius 2 is 2.16 bits per heavy atom. The van der Waals surface area contributed by atoms with Gasteiger partial charge in [-0.25, -0.2) is 4.98 Å². The normalized spacial score (nSPS) is 16.6. The van der Waals surface area contributed by atoms with Crippen molar-refractivity contribution in [2.24, 2.45) is 0 Å². The van der Waals surface area contributed by atoms with E-state index in [-0.39, 0.29) is 12.0 Å². The lowest BCUT2D eigenvalue weighted by atomic mass is 10.2. The molecule has 1 fully saturated rings. The number of nitrogens with zero attached hydrogens (tertiary/aromatic N) is 3. The van der Waals surface area contributed by atoms with E-state index in [1.165, 1.54) is 5.56 Å². The molecule has 0 aliphatic carbocycles. The monoisotopic (exact) mass is 340 g/mol. The second-order valence-electron chi connectivity index (χ2n) is 6.27. The third-order valence-corrected chi connectivity index (χ3v) is 4.40. The van der Waals surface area contributed by atoms with Gasteiger partial charge in [0.25, 0.3) is 5.91 Å². The molecule has 25 heavy (non-hydrogen) atoms. The highest BCUT2D eigenvalue weighted by Crippen LogP contribution is 2.13. The van der Waals surface area contributed by atoms with Crippen molar-refractivity contribution in [1.82, 2.24) is 15.3 Å². The number of carbonyl (C=O) groups is 1. The van der Waals surface area contributed by atoms with E-state index in [9.17, 15) is 4.79 Å². The van der Waals surface area contributed by atoms with Gasteiger partial charge in [-0.1, -0.05) is 0 Å². The van der Waals surface area contributed by atoms with E-state index in [0.29, 0.717) is 12.1 Å². The predicted molar refractivity (Wildman–Crippen MR) is 96.8 cm³/mol. The van der Waals surface area contributed by atoms with Gasteiger partial charge in [-0.3, -0.25) is 9.78 Å². The Balaban J connectivity index is 1.55. The fourth-order valence-electron chi connectivity index (χ4n) is 2.84. The molecule has 0 aromatic carbocycles. The summed E-state index contributed by atoms with van der Waals surface area (Å²) in [6.07, 6.45) is 8.41. The van der Waals surface area contributed by atoms with Crippen LogP contribution >= 0.6 is 0 Å². The van der Waals surface area contributed by atoms with Crippen LogP contribution in [-0.2, 0) is 11.2 Å². The van der Waals surface area contributed by atoms with Gasteiger partial charge in [0, 0.05) is 50.9 Å². The minimum atomic E-state index is -0.0818. The highest BCUT2D eigenvalue weighted by molar-refractivity contribution is 5.94. The maximum Gasteiger partial charge on any atom is 0.251 e. The first kappa shape index (κ1) is 17.4. The van der Waals surface area contributed by atoms with Crippen LogP contribution in [0.15, 0.2) is 42.9 Å². The van der Waals surface area contributed by atoms with Crippen LogP contribution in [-0.4, -0.2) is 48.7 Å². The topological polar surface area (TPSA) is 67.4 Å². The number of nitrogens with one attached hydrogen (secondary N) is 1. The van der Waals surface area contributed by atoms with Gasteiger partial charge in [0.15, 0.2) is 0 Å². The zero-order valence-corrected chi connectivity index (χ0v) is 14.5. The van der Waals surface area contributed by atoms with Crippen LogP contribution in [0.2, 0.25) is 0 Å². The lowest BCUT2D eigenvalue weighted by Gasteiger charge is -2.19. The van der Waals surface area contributed by atoms with Crippen molar-refractivity contribution in [1.29, 1.82) is 0 Å². The number of ether oxygens (including phenoxy) is 1. The molecule has 0 spiro atoms. The maximum absolute atomic E-state index is 12.3. The maximum atomic E-state index is 12.3. The van der Waals surface area contributed by atoms with Gasteiger partial charge in [0.2, 0.25) is 0 Å². The van der Waals surface area contributed by atoms with E-state index in [2.05, 4.69) is 20.2 Å². The third-order valence-electron chi connectivity index (χ3n) is 4.40. The van der Waals surface area contributed by atoms with Crippen LogP contribution in [0.25, 0.3) is 0 Å². The molecule has 0 radical (unpaired) electrons. The Morgan fingerprint density at radius 3 is 2.92 bits per heavy atom. The largest absolute Gasteiger partial charge is 0.376 e. The summed E-state index contributed by atoms with van der Waals surface area (Å²) in [7, 11) is 1.98. The first-order valence-electron chi connectivity index (χ1n) is 8.68. The van der Waals surface area contributed by atoms with Crippen molar-refractivity contribution >= 4 is 11.7 Å². The summed E-state index contributed by atoms with van der Waals surface area (Å²) in [5.41, 5.74) is 1.85. The van der Waals surface area contributed by atoms with Crippen molar-refractivity contribution in [3.05, 3.63) is 54.0 Å². The molecule has 1 aliphatic heterocycles. The van der Waals surface area contributed by atoms with E-state index in [0.717, 1.165) is 38.2 Å². The Hall–Kier alpha value is -2.47. The summed E-state index contributed by atoms with van der Waals surface area (Å²) in [5.74, 6) is 0.709. The molecule has 6 nitrogen and oxygen atoms in total. The molecule has 1 N–H and O–H groups in total. The molecule has 3 heterocycles. The lowest BCUT2D eigenvalue weighted by Crippen LogP contribution is -2.32. The number of carbonyl (C=O) groups excluding carboxylic acids is 1. The minimum Gasteiger partial charge on any atom is -0.376 e. The molecule has 132 valence electrons. The Bertz CT molecular complexity index is 687. The van der Waals surface area contributed by atoms with Gasteiger partial charge in [-0.05, 0) is 49.1 Å². The molecule has 2 aromatic heterocycles. The number of amides is 1. The van der Waals surface area contributed by atoms with Crippen LogP contribution in [0.1, 0.15) is 28.8 Å². The first-order valence-corrected chi connectivity index (χ1v) is 8.68. The molecule has 6 heteroatoms. The molecular formula is C19H24N4O2. The molecule has 0 bridgehead atoms. The van der Waals surface area contributed by atoms with E-state index in [4.69, 9.17) is 4.74 Å². The van der Waals surface area contributed by atoms with Crippen molar-refractivity contribution in [2.75, 3.05) is 31.6 Å². The van der Waals surface area contributed by atoms with Crippen molar-refractivity contribution in [3.8, 4) is 0 Å². The Kier molecular flexibility index (Phi) is 5.95. The molecular weight excluding hydrogens is 316 g/mol. The number of rotatable bonds is 7. The highest BCUT2D eigenvalue weighted by Gasteiger charge is 2.17. The number of aromatic nitrogens is 2.